The summed E-state index contributed by atoms with van der Waals surface area (Å²) in [6.07, 6.45) is 1.80. The number of nitrogens with zero attached hydrogens (tertiary/aromatic N) is 2. The first kappa shape index (κ1) is 14.7. The lowest BCUT2D eigenvalue weighted by Gasteiger charge is -2.08. The average Bonchev–Trinajstić information content (AvgIpc) is 2.26. The number of aromatic nitrogens is 2. The highest BCUT2D eigenvalue weighted by atomic mass is 32.2. The van der Waals surface area contributed by atoms with Crippen molar-refractivity contribution in [3.63, 3.8) is 0 Å². The van der Waals surface area contributed by atoms with Gasteiger partial charge in [-0.3, -0.25) is 0 Å². The minimum atomic E-state index is -3.11. The summed E-state index contributed by atoms with van der Waals surface area (Å²) < 4.78 is 29.1. The summed E-state index contributed by atoms with van der Waals surface area (Å²) in [5.41, 5.74) is 0. The maximum Gasteiger partial charge on any atom is 0.218 e. The third-order valence-electron chi connectivity index (χ3n) is 2.05. The molecular formula is C10H18N4O3S. The Morgan fingerprint density at radius 3 is 2.67 bits per heavy atom. The second kappa shape index (κ2) is 6.50. The molecule has 1 heterocycles. The van der Waals surface area contributed by atoms with Gasteiger partial charge in [0.1, 0.15) is 11.6 Å². The van der Waals surface area contributed by atoms with Crippen molar-refractivity contribution >= 4 is 15.8 Å². The summed E-state index contributed by atoms with van der Waals surface area (Å²) in [7, 11) is -1.57. The van der Waals surface area contributed by atoms with Gasteiger partial charge in [0.25, 0.3) is 0 Å². The third kappa shape index (κ3) is 5.78. The smallest absolute Gasteiger partial charge is 0.218 e. The minimum Gasteiger partial charge on any atom is -0.481 e. The number of nitrogens with one attached hydrogen (secondary N) is 2. The Morgan fingerprint density at radius 1 is 1.33 bits per heavy atom. The number of aryl methyl sites for hydroxylation is 1. The van der Waals surface area contributed by atoms with E-state index in [-0.39, 0.29) is 0 Å². The van der Waals surface area contributed by atoms with Crippen LogP contribution in [0.15, 0.2) is 6.07 Å². The Morgan fingerprint density at radius 2 is 2.06 bits per heavy atom. The molecule has 0 aliphatic rings. The fraction of sp³-hybridized carbons (Fsp3) is 0.600. The van der Waals surface area contributed by atoms with Crippen molar-refractivity contribution in [2.24, 2.45) is 0 Å². The van der Waals surface area contributed by atoms with Crippen LogP contribution in [-0.2, 0) is 10.0 Å². The molecule has 0 atom stereocenters. The molecule has 0 aliphatic carbocycles. The van der Waals surface area contributed by atoms with Crippen LogP contribution in [0, 0.1) is 6.92 Å². The molecule has 1 aromatic rings. The summed E-state index contributed by atoms with van der Waals surface area (Å²) in [5, 5.41) is 3.08. The second-order valence-electron chi connectivity index (χ2n) is 3.79. The van der Waals surface area contributed by atoms with Gasteiger partial charge in [-0.15, -0.1) is 0 Å². The molecule has 18 heavy (non-hydrogen) atoms. The quantitative estimate of drug-likeness (QED) is 0.687. The molecule has 0 aliphatic heterocycles. The van der Waals surface area contributed by atoms with Gasteiger partial charge in [0, 0.05) is 19.2 Å². The van der Waals surface area contributed by atoms with Crippen molar-refractivity contribution in [3.8, 4) is 5.88 Å². The highest BCUT2D eigenvalue weighted by Gasteiger charge is 2.02. The van der Waals surface area contributed by atoms with E-state index >= 15 is 0 Å². The van der Waals surface area contributed by atoms with E-state index in [9.17, 15) is 8.42 Å². The first-order valence-corrected chi connectivity index (χ1v) is 7.38. The van der Waals surface area contributed by atoms with E-state index in [0.717, 1.165) is 6.26 Å². The molecule has 0 aromatic carbocycles. The summed E-state index contributed by atoms with van der Waals surface area (Å²) in [6, 6.07) is 1.69. The van der Waals surface area contributed by atoms with Crippen LogP contribution in [0.4, 0.5) is 5.82 Å². The van der Waals surface area contributed by atoms with Crippen molar-refractivity contribution in [2.75, 3.05) is 31.8 Å². The molecule has 0 fully saturated rings. The topological polar surface area (TPSA) is 93.2 Å². The zero-order valence-corrected chi connectivity index (χ0v) is 11.5. The molecule has 1 rings (SSSR count). The lowest BCUT2D eigenvalue weighted by Crippen LogP contribution is -2.24. The number of anilines is 1. The van der Waals surface area contributed by atoms with E-state index < -0.39 is 10.0 Å². The predicted octanol–water partition coefficient (Wildman–Crippen LogP) is 0.145. The molecule has 0 unspecified atom stereocenters. The normalized spacial score (nSPS) is 11.3. The molecule has 1 aromatic heterocycles. The fourth-order valence-electron chi connectivity index (χ4n) is 1.30. The van der Waals surface area contributed by atoms with Crippen molar-refractivity contribution < 1.29 is 13.2 Å². The van der Waals surface area contributed by atoms with Crippen LogP contribution in [0.1, 0.15) is 12.2 Å². The summed E-state index contributed by atoms with van der Waals surface area (Å²) in [6.45, 7) is 2.79. The molecule has 0 amide bonds. The maximum atomic E-state index is 10.8. The highest BCUT2D eigenvalue weighted by molar-refractivity contribution is 7.88. The average molecular weight is 274 g/mol. The highest BCUT2D eigenvalue weighted by Crippen LogP contribution is 2.12. The number of hydrogen-bond donors (Lipinski definition) is 2. The van der Waals surface area contributed by atoms with E-state index in [1.807, 2.05) is 0 Å². The Hall–Kier alpha value is -1.41. The molecule has 7 nitrogen and oxygen atoms in total. The standard InChI is InChI=1S/C10H18N4O3S/c1-8-13-9(7-10(14-8)17-2)11-5-4-6-12-18(3,15)16/h7,12H,4-6H2,1-3H3,(H,11,13,14). The Bertz CT molecular complexity index is 490. The van der Waals surface area contributed by atoms with Gasteiger partial charge in [-0.2, -0.15) is 4.98 Å². The van der Waals surface area contributed by atoms with Crippen LogP contribution >= 0.6 is 0 Å². The summed E-state index contributed by atoms with van der Waals surface area (Å²) >= 11 is 0. The van der Waals surface area contributed by atoms with Gasteiger partial charge in [0.2, 0.25) is 15.9 Å². The maximum absolute atomic E-state index is 10.8. The Kier molecular flexibility index (Phi) is 5.29. The van der Waals surface area contributed by atoms with Crippen LogP contribution in [0.5, 0.6) is 5.88 Å². The van der Waals surface area contributed by atoms with Crippen molar-refractivity contribution in [1.82, 2.24) is 14.7 Å². The number of ether oxygens (including phenoxy) is 1. The zero-order valence-electron chi connectivity index (χ0n) is 10.7. The summed E-state index contributed by atoms with van der Waals surface area (Å²) in [5.74, 6) is 1.78. The largest absolute Gasteiger partial charge is 0.481 e. The Balaban J connectivity index is 2.37. The summed E-state index contributed by atoms with van der Waals surface area (Å²) in [4.78, 5) is 8.25. The van der Waals surface area contributed by atoms with Crippen molar-refractivity contribution in [2.45, 2.75) is 13.3 Å². The van der Waals surface area contributed by atoms with E-state index in [1.165, 1.54) is 0 Å². The lowest BCUT2D eigenvalue weighted by atomic mass is 10.4. The number of rotatable bonds is 7. The molecule has 0 saturated carbocycles. The van der Waals surface area contributed by atoms with Gasteiger partial charge in [-0.05, 0) is 13.3 Å². The third-order valence-corrected chi connectivity index (χ3v) is 2.78. The van der Waals surface area contributed by atoms with Gasteiger partial charge in [0.15, 0.2) is 0 Å². The van der Waals surface area contributed by atoms with Crippen molar-refractivity contribution in [3.05, 3.63) is 11.9 Å². The fourth-order valence-corrected chi connectivity index (χ4v) is 1.81. The van der Waals surface area contributed by atoms with Gasteiger partial charge < -0.3 is 10.1 Å². The van der Waals surface area contributed by atoms with Crippen LogP contribution in [0.2, 0.25) is 0 Å². The molecular weight excluding hydrogens is 256 g/mol. The first-order valence-electron chi connectivity index (χ1n) is 5.49. The van der Waals surface area contributed by atoms with E-state index in [2.05, 4.69) is 20.0 Å². The predicted molar refractivity (Wildman–Crippen MR) is 69.3 cm³/mol. The molecule has 0 spiro atoms. The lowest BCUT2D eigenvalue weighted by molar-refractivity contribution is 0.396. The zero-order chi connectivity index (χ0) is 13.6. The van der Waals surface area contributed by atoms with Crippen LogP contribution in [-0.4, -0.2) is 44.8 Å². The van der Waals surface area contributed by atoms with Gasteiger partial charge >= 0.3 is 0 Å². The number of hydrogen-bond acceptors (Lipinski definition) is 6. The molecule has 2 N–H and O–H groups in total. The molecule has 102 valence electrons. The van der Waals surface area contributed by atoms with Gasteiger partial charge in [-0.1, -0.05) is 0 Å². The van der Waals surface area contributed by atoms with Crippen LogP contribution in [0.25, 0.3) is 0 Å². The van der Waals surface area contributed by atoms with E-state index in [1.54, 1.807) is 20.1 Å². The van der Waals surface area contributed by atoms with Gasteiger partial charge in [0.05, 0.1) is 13.4 Å². The molecule has 8 heteroatoms. The van der Waals surface area contributed by atoms with E-state index in [0.29, 0.717) is 37.0 Å². The second-order valence-corrected chi connectivity index (χ2v) is 5.62. The SMILES string of the molecule is COc1cc(NCCCNS(C)(=O)=O)nc(C)n1. The Labute approximate surface area is 107 Å². The molecule has 0 saturated heterocycles. The van der Waals surface area contributed by atoms with Gasteiger partial charge in [-0.25, -0.2) is 18.1 Å². The molecule has 0 radical (unpaired) electrons. The van der Waals surface area contributed by atoms with Crippen LogP contribution < -0.4 is 14.8 Å². The monoisotopic (exact) mass is 274 g/mol. The van der Waals surface area contributed by atoms with Crippen molar-refractivity contribution in [1.29, 1.82) is 0 Å². The molecule has 0 bridgehead atoms. The van der Waals surface area contributed by atoms with Crippen LogP contribution in [0.3, 0.4) is 0 Å². The minimum absolute atomic E-state index is 0.396. The van der Waals surface area contributed by atoms with E-state index in [4.69, 9.17) is 4.74 Å². The first-order chi connectivity index (χ1) is 8.40. The number of sulfonamides is 1. The number of methoxy groups -OCH3 is 1.